The zero-order valence-corrected chi connectivity index (χ0v) is 13.2. The summed E-state index contributed by atoms with van der Waals surface area (Å²) in [6, 6.07) is 0. The molecule has 3 rings (SSSR count). The molecule has 6 nitrogen and oxygen atoms in total. The number of thiophene rings is 1. The summed E-state index contributed by atoms with van der Waals surface area (Å²) >= 11 is 1.78. The number of rotatable bonds is 4. The molecule has 0 saturated heterocycles. The molecular formula is C14H21N5OS. The minimum absolute atomic E-state index is 0.275. The van der Waals surface area contributed by atoms with Gasteiger partial charge in [-0.2, -0.15) is 4.98 Å². The maximum atomic E-state index is 5.91. The normalized spacial score (nSPS) is 18.0. The van der Waals surface area contributed by atoms with Crippen molar-refractivity contribution >= 4 is 33.3 Å². The number of aryl methyl sites for hydroxylation is 1. The third-order valence-electron chi connectivity index (χ3n) is 4.00. The number of nitrogen functional groups attached to an aromatic ring is 1. The highest BCUT2D eigenvalue weighted by atomic mass is 32.1. The molecule has 1 aliphatic carbocycles. The van der Waals surface area contributed by atoms with Crippen LogP contribution in [0.4, 0.5) is 11.8 Å². The largest absolute Gasteiger partial charge is 0.381 e. The Bertz CT molecular complexity index is 656. The zero-order chi connectivity index (χ0) is 15.0. The van der Waals surface area contributed by atoms with Crippen LogP contribution >= 0.6 is 11.3 Å². The average molecular weight is 307 g/mol. The Morgan fingerprint density at radius 2 is 2.24 bits per heavy atom. The Morgan fingerprint density at radius 1 is 1.43 bits per heavy atom. The van der Waals surface area contributed by atoms with Crippen LogP contribution in [0.3, 0.4) is 0 Å². The molecule has 0 aliphatic heterocycles. The summed E-state index contributed by atoms with van der Waals surface area (Å²) in [5.41, 5.74) is 13.8. The summed E-state index contributed by atoms with van der Waals surface area (Å²) in [7, 11) is 3.76. The first-order valence-electron chi connectivity index (χ1n) is 7.15. The van der Waals surface area contributed by atoms with Crippen LogP contribution in [0.1, 0.15) is 16.9 Å². The summed E-state index contributed by atoms with van der Waals surface area (Å²) in [6.07, 6.45) is 3.28. The van der Waals surface area contributed by atoms with Crippen molar-refractivity contribution in [2.75, 3.05) is 37.9 Å². The molecule has 0 amide bonds. The Balaban J connectivity index is 2.12. The van der Waals surface area contributed by atoms with Gasteiger partial charge in [-0.05, 0) is 18.4 Å². The molecule has 1 unspecified atom stereocenters. The number of likely N-dealkylation sites (N-methyl/N-ethyl adjacent to an activating group) is 1. The lowest BCUT2D eigenvalue weighted by Gasteiger charge is -2.20. The van der Waals surface area contributed by atoms with E-state index in [0.717, 1.165) is 41.8 Å². The van der Waals surface area contributed by atoms with E-state index in [4.69, 9.17) is 16.2 Å². The lowest BCUT2D eigenvalue weighted by Crippen LogP contribution is -2.26. The highest BCUT2D eigenvalue weighted by molar-refractivity contribution is 7.19. The molecule has 1 aliphatic rings. The Hall–Kier alpha value is -1.44. The number of aromatic nitrogens is 2. The van der Waals surface area contributed by atoms with Crippen LogP contribution in [0.5, 0.6) is 0 Å². The lowest BCUT2D eigenvalue weighted by atomic mass is 9.95. The number of nitrogens with zero attached hydrogens (tertiary/aromatic N) is 3. The summed E-state index contributed by atoms with van der Waals surface area (Å²) in [6.45, 7) is 1.33. The first kappa shape index (κ1) is 14.5. The lowest BCUT2D eigenvalue weighted by molar-refractivity contribution is 0.0919. The number of hydrogen-bond acceptors (Lipinski definition) is 7. The molecule has 21 heavy (non-hydrogen) atoms. The second-order valence-corrected chi connectivity index (χ2v) is 6.50. The van der Waals surface area contributed by atoms with Gasteiger partial charge in [-0.3, -0.25) is 0 Å². The van der Waals surface area contributed by atoms with Crippen molar-refractivity contribution in [3.05, 3.63) is 10.4 Å². The van der Waals surface area contributed by atoms with Crippen molar-refractivity contribution in [1.29, 1.82) is 0 Å². The van der Waals surface area contributed by atoms with E-state index < -0.39 is 0 Å². The molecule has 0 bridgehead atoms. The van der Waals surface area contributed by atoms with Crippen molar-refractivity contribution in [2.24, 2.45) is 5.73 Å². The number of fused-ring (bicyclic) bond motifs is 3. The van der Waals surface area contributed by atoms with Crippen LogP contribution in [-0.2, 0) is 17.6 Å². The quantitative estimate of drug-likeness (QED) is 0.881. The number of anilines is 2. The highest BCUT2D eigenvalue weighted by Gasteiger charge is 2.26. The highest BCUT2D eigenvalue weighted by Crippen LogP contribution is 2.39. The third-order valence-corrected chi connectivity index (χ3v) is 5.27. The van der Waals surface area contributed by atoms with E-state index in [9.17, 15) is 0 Å². The van der Waals surface area contributed by atoms with Crippen LogP contribution in [-0.4, -0.2) is 43.3 Å². The van der Waals surface area contributed by atoms with E-state index >= 15 is 0 Å². The molecule has 2 aromatic rings. The van der Waals surface area contributed by atoms with Crippen molar-refractivity contribution in [3.8, 4) is 0 Å². The number of methoxy groups -OCH3 is 1. The van der Waals surface area contributed by atoms with Crippen molar-refractivity contribution in [3.63, 3.8) is 0 Å². The summed E-state index contributed by atoms with van der Waals surface area (Å²) in [5.74, 6) is 1.21. The second kappa shape index (κ2) is 5.75. The molecule has 2 aromatic heterocycles. The molecule has 0 radical (unpaired) electrons. The fourth-order valence-electron chi connectivity index (χ4n) is 2.86. The maximum Gasteiger partial charge on any atom is 0.222 e. The van der Waals surface area contributed by atoms with E-state index in [1.807, 2.05) is 7.05 Å². The van der Waals surface area contributed by atoms with E-state index in [1.165, 1.54) is 10.4 Å². The molecule has 0 fully saturated rings. The van der Waals surface area contributed by atoms with Crippen LogP contribution < -0.4 is 16.4 Å². The molecule has 4 N–H and O–H groups in total. The van der Waals surface area contributed by atoms with Gasteiger partial charge in [-0.25, -0.2) is 4.98 Å². The van der Waals surface area contributed by atoms with Gasteiger partial charge < -0.3 is 21.1 Å². The Kier molecular flexibility index (Phi) is 3.97. The second-order valence-electron chi connectivity index (χ2n) is 5.40. The van der Waals surface area contributed by atoms with Gasteiger partial charge in [-0.1, -0.05) is 0 Å². The molecule has 7 heteroatoms. The fourth-order valence-corrected chi connectivity index (χ4v) is 4.19. The van der Waals surface area contributed by atoms with Crippen LogP contribution in [0.25, 0.3) is 10.2 Å². The summed E-state index contributed by atoms with van der Waals surface area (Å²) in [4.78, 5) is 12.3. The van der Waals surface area contributed by atoms with E-state index in [0.29, 0.717) is 12.5 Å². The monoisotopic (exact) mass is 307 g/mol. The number of nitrogens with two attached hydrogens (primary N) is 2. The minimum atomic E-state index is 0.275. The number of ether oxygens (including phenoxy) is 1. The predicted octanol–water partition coefficient (Wildman–Crippen LogP) is 1.17. The van der Waals surface area contributed by atoms with Gasteiger partial charge in [0.1, 0.15) is 0 Å². The van der Waals surface area contributed by atoms with Gasteiger partial charge in [-0.15, -0.1) is 11.3 Å². The molecule has 0 aromatic carbocycles. The molecule has 0 saturated carbocycles. The van der Waals surface area contributed by atoms with Gasteiger partial charge in [0.15, 0.2) is 5.82 Å². The van der Waals surface area contributed by atoms with Crippen molar-refractivity contribution in [2.45, 2.75) is 25.4 Å². The summed E-state index contributed by atoms with van der Waals surface area (Å²) in [5, 5.41) is 0. The molecule has 2 heterocycles. The van der Waals surface area contributed by atoms with Gasteiger partial charge >= 0.3 is 0 Å². The van der Waals surface area contributed by atoms with Crippen molar-refractivity contribution in [1.82, 2.24) is 9.97 Å². The van der Waals surface area contributed by atoms with Gasteiger partial charge in [0, 0.05) is 38.5 Å². The third kappa shape index (κ3) is 2.56. The fraction of sp³-hybridized carbons (Fsp3) is 0.571. The molecule has 0 spiro atoms. The first-order chi connectivity index (χ1) is 10.1. The zero-order valence-electron chi connectivity index (χ0n) is 12.4. The standard InChI is InChI=1S/C14H21N5OS/c1-19(6-5-15)13-12-11(17-14(16)18-13)9-7-8(20-2)3-4-10(9)21-12/h8H,3-7,15H2,1-2H3,(H2,16,17,18). The van der Waals surface area contributed by atoms with E-state index in [-0.39, 0.29) is 6.10 Å². The molecule has 1 atom stereocenters. The smallest absolute Gasteiger partial charge is 0.222 e. The number of hydrogen-bond donors (Lipinski definition) is 2. The van der Waals surface area contributed by atoms with Gasteiger partial charge in [0.05, 0.1) is 16.3 Å². The predicted molar refractivity (Wildman–Crippen MR) is 87.0 cm³/mol. The van der Waals surface area contributed by atoms with Crippen LogP contribution in [0.15, 0.2) is 0 Å². The maximum absolute atomic E-state index is 5.91. The average Bonchev–Trinajstić information content (AvgIpc) is 2.84. The van der Waals surface area contributed by atoms with Gasteiger partial charge in [0.2, 0.25) is 5.95 Å². The Labute approximate surface area is 128 Å². The van der Waals surface area contributed by atoms with Gasteiger partial charge in [0.25, 0.3) is 0 Å². The van der Waals surface area contributed by atoms with Crippen LogP contribution in [0, 0.1) is 0 Å². The molecular weight excluding hydrogens is 286 g/mol. The van der Waals surface area contributed by atoms with E-state index in [1.54, 1.807) is 18.4 Å². The van der Waals surface area contributed by atoms with E-state index in [2.05, 4.69) is 14.9 Å². The minimum Gasteiger partial charge on any atom is -0.381 e. The van der Waals surface area contributed by atoms with Crippen molar-refractivity contribution < 1.29 is 4.74 Å². The molecule has 114 valence electrons. The van der Waals surface area contributed by atoms with Crippen LogP contribution in [0.2, 0.25) is 0 Å². The Morgan fingerprint density at radius 3 is 2.95 bits per heavy atom. The SMILES string of the molecule is COC1CCc2sc3c(N(C)CCN)nc(N)nc3c2C1. The topological polar surface area (TPSA) is 90.3 Å². The summed E-state index contributed by atoms with van der Waals surface area (Å²) < 4.78 is 6.63. The first-order valence-corrected chi connectivity index (χ1v) is 7.97.